The third kappa shape index (κ3) is 5.51. The van der Waals surface area contributed by atoms with Crippen molar-refractivity contribution in [3.05, 3.63) is 0 Å². The second kappa shape index (κ2) is 8.11. The van der Waals surface area contributed by atoms with E-state index in [0.717, 1.165) is 6.92 Å². The number of rotatable bonds is 11. The van der Waals surface area contributed by atoms with Gasteiger partial charge in [0.2, 0.25) is 0 Å². The maximum atomic E-state index is 11.7. The van der Waals surface area contributed by atoms with Crippen LogP contribution in [-0.2, 0) is 24.0 Å². The minimum absolute atomic E-state index is 0.347. The third-order valence-corrected chi connectivity index (χ3v) is 3.50. The average molecular weight is 318 g/mol. The molecular weight excluding hydrogens is 300 g/mol. The fourth-order valence-corrected chi connectivity index (χ4v) is 2.12. The van der Waals surface area contributed by atoms with Gasteiger partial charge in [0.15, 0.2) is 0 Å². The lowest BCUT2D eigenvalue weighted by Gasteiger charge is -2.28. The Bertz CT molecular complexity index is 466. The van der Waals surface area contributed by atoms with E-state index < -0.39 is 66.7 Å². The maximum Gasteiger partial charge on any atom is 0.317 e. The first-order chi connectivity index (χ1) is 10.0. The number of ketones is 1. The molecule has 0 aliphatic carbocycles. The number of hydrogen-bond donors (Lipinski definition) is 4. The molecule has 0 aliphatic rings. The van der Waals surface area contributed by atoms with Gasteiger partial charge in [-0.3, -0.25) is 24.0 Å². The monoisotopic (exact) mass is 318 g/mol. The molecule has 0 rings (SSSR count). The van der Waals surface area contributed by atoms with Crippen LogP contribution in [0, 0.1) is 11.3 Å². The Labute approximate surface area is 125 Å². The number of hydrogen-bond acceptors (Lipinski definition) is 5. The number of carboxylic acids is 4. The van der Waals surface area contributed by atoms with E-state index in [1.165, 1.54) is 0 Å². The topological polar surface area (TPSA) is 166 Å². The van der Waals surface area contributed by atoms with E-state index in [-0.39, 0.29) is 6.42 Å². The fourth-order valence-electron chi connectivity index (χ4n) is 2.12. The molecule has 0 heterocycles. The van der Waals surface area contributed by atoms with E-state index in [4.69, 9.17) is 15.3 Å². The minimum atomic E-state index is -2.15. The van der Waals surface area contributed by atoms with Crippen molar-refractivity contribution in [2.24, 2.45) is 11.3 Å². The van der Waals surface area contributed by atoms with E-state index in [1.54, 1.807) is 0 Å². The van der Waals surface area contributed by atoms with Crippen molar-refractivity contribution in [3.63, 3.8) is 0 Å². The number of carbonyl (C=O) groups excluding carboxylic acids is 1. The van der Waals surface area contributed by atoms with Crippen LogP contribution in [0.4, 0.5) is 0 Å². The summed E-state index contributed by atoms with van der Waals surface area (Å²) in [6, 6.07) is 0. The molecule has 4 N–H and O–H groups in total. The molecule has 0 amide bonds. The summed E-state index contributed by atoms with van der Waals surface area (Å²) < 4.78 is 0. The highest BCUT2D eigenvalue weighted by atomic mass is 16.4. The van der Waals surface area contributed by atoms with Gasteiger partial charge in [-0.25, -0.2) is 0 Å². The second-order valence-corrected chi connectivity index (χ2v) is 5.01. The van der Waals surface area contributed by atoms with Gasteiger partial charge in [-0.1, -0.05) is 0 Å². The highest BCUT2D eigenvalue weighted by molar-refractivity contribution is 6.02. The number of Topliss-reactive ketones (excluding diaryl/α,β-unsaturated/α-hetero) is 1. The van der Waals surface area contributed by atoms with Crippen LogP contribution in [-0.4, -0.2) is 50.1 Å². The van der Waals surface area contributed by atoms with Gasteiger partial charge in [0.25, 0.3) is 0 Å². The van der Waals surface area contributed by atoms with Gasteiger partial charge >= 0.3 is 23.9 Å². The zero-order chi connectivity index (χ0) is 17.5. The summed E-state index contributed by atoms with van der Waals surface area (Å²) in [5.41, 5.74) is -2.15. The van der Waals surface area contributed by atoms with E-state index in [0.29, 0.717) is 0 Å². The summed E-state index contributed by atoms with van der Waals surface area (Å²) in [5, 5.41) is 35.6. The van der Waals surface area contributed by atoms with Gasteiger partial charge in [0.1, 0.15) is 11.2 Å². The Hall–Kier alpha value is -2.45. The normalized spacial score (nSPS) is 14.6. The molecular formula is C13H18O9. The van der Waals surface area contributed by atoms with Crippen molar-refractivity contribution in [1.29, 1.82) is 0 Å². The van der Waals surface area contributed by atoms with Crippen LogP contribution in [0.2, 0.25) is 0 Å². The first kappa shape index (κ1) is 19.6. The van der Waals surface area contributed by atoms with Gasteiger partial charge in [-0.15, -0.1) is 0 Å². The van der Waals surface area contributed by atoms with Crippen LogP contribution >= 0.6 is 0 Å². The van der Waals surface area contributed by atoms with Crippen molar-refractivity contribution < 1.29 is 44.4 Å². The highest BCUT2D eigenvalue weighted by Gasteiger charge is 2.46. The van der Waals surface area contributed by atoms with Crippen molar-refractivity contribution >= 4 is 29.7 Å². The molecule has 0 aliphatic heterocycles. The SMILES string of the molecule is CC(=O)C(CCC(=O)O)(CC(CCC(=O)O)C(=O)O)C(=O)O. The molecule has 0 saturated heterocycles. The molecule has 0 bridgehead atoms. The predicted octanol–water partition coefficient (Wildman–Crippen LogP) is 0.467. The van der Waals surface area contributed by atoms with E-state index in [1.807, 2.05) is 0 Å². The molecule has 22 heavy (non-hydrogen) atoms. The molecule has 9 heteroatoms. The number of aliphatic carboxylic acids is 4. The molecule has 0 aromatic heterocycles. The molecule has 0 radical (unpaired) electrons. The first-order valence-corrected chi connectivity index (χ1v) is 6.43. The smallest absolute Gasteiger partial charge is 0.317 e. The van der Waals surface area contributed by atoms with Crippen molar-refractivity contribution in [1.82, 2.24) is 0 Å². The van der Waals surface area contributed by atoms with Crippen LogP contribution in [0.25, 0.3) is 0 Å². The summed E-state index contributed by atoms with van der Waals surface area (Å²) in [6.07, 6.45) is -2.65. The predicted molar refractivity (Wildman–Crippen MR) is 70.2 cm³/mol. The van der Waals surface area contributed by atoms with Crippen LogP contribution < -0.4 is 0 Å². The molecule has 0 saturated carbocycles. The minimum Gasteiger partial charge on any atom is -0.481 e. The van der Waals surface area contributed by atoms with E-state index in [2.05, 4.69) is 0 Å². The Balaban J connectivity index is 5.41. The summed E-state index contributed by atoms with van der Waals surface area (Å²) in [4.78, 5) is 55.5. The van der Waals surface area contributed by atoms with Crippen LogP contribution in [0.3, 0.4) is 0 Å². The number of carboxylic acid groups (broad SMARTS) is 4. The van der Waals surface area contributed by atoms with Gasteiger partial charge in [0, 0.05) is 12.8 Å². The first-order valence-electron chi connectivity index (χ1n) is 6.43. The lowest BCUT2D eigenvalue weighted by atomic mass is 9.72. The molecule has 124 valence electrons. The lowest BCUT2D eigenvalue weighted by molar-refractivity contribution is -0.158. The Morgan fingerprint density at radius 2 is 1.41 bits per heavy atom. The van der Waals surface area contributed by atoms with Crippen molar-refractivity contribution in [2.45, 2.75) is 39.0 Å². The molecule has 0 spiro atoms. The number of carbonyl (C=O) groups is 5. The summed E-state index contributed by atoms with van der Waals surface area (Å²) >= 11 is 0. The lowest BCUT2D eigenvalue weighted by Crippen LogP contribution is -2.41. The van der Waals surface area contributed by atoms with Crippen LogP contribution in [0.5, 0.6) is 0 Å². The van der Waals surface area contributed by atoms with Gasteiger partial charge < -0.3 is 20.4 Å². The fraction of sp³-hybridized carbons (Fsp3) is 0.615. The molecule has 0 aromatic rings. The second-order valence-electron chi connectivity index (χ2n) is 5.01. The third-order valence-electron chi connectivity index (χ3n) is 3.50. The Morgan fingerprint density at radius 3 is 1.73 bits per heavy atom. The summed E-state index contributed by atoms with van der Waals surface area (Å²) in [6.45, 7) is 0.950. The highest BCUT2D eigenvalue weighted by Crippen LogP contribution is 2.35. The van der Waals surface area contributed by atoms with Gasteiger partial charge in [-0.05, 0) is 26.2 Å². The van der Waals surface area contributed by atoms with E-state index in [9.17, 15) is 29.1 Å². The van der Waals surface area contributed by atoms with Crippen molar-refractivity contribution in [2.75, 3.05) is 0 Å². The van der Waals surface area contributed by atoms with Crippen LogP contribution in [0.15, 0.2) is 0 Å². The average Bonchev–Trinajstić information content (AvgIpc) is 2.36. The van der Waals surface area contributed by atoms with E-state index >= 15 is 0 Å². The molecule has 0 fully saturated rings. The molecule has 2 atom stereocenters. The standard InChI is InChI=1S/C13H18O9/c1-7(14)13(12(21)22,5-4-10(17)18)6-8(11(19)20)2-3-9(15)16/h8H,2-6H2,1H3,(H,15,16)(H,17,18)(H,19,20)(H,21,22). The van der Waals surface area contributed by atoms with Gasteiger partial charge in [-0.2, -0.15) is 0 Å². The van der Waals surface area contributed by atoms with Crippen molar-refractivity contribution in [3.8, 4) is 0 Å². The largest absolute Gasteiger partial charge is 0.481 e. The zero-order valence-electron chi connectivity index (χ0n) is 11.9. The summed E-state index contributed by atoms with van der Waals surface area (Å²) in [5.74, 6) is -7.83. The Morgan fingerprint density at radius 1 is 0.909 bits per heavy atom. The Kier molecular flexibility index (Phi) is 7.20. The molecule has 9 nitrogen and oxygen atoms in total. The molecule has 0 aromatic carbocycles. The maximum absolute atomic E-state index is 11.7. The summed E-state index contributed by atoms with van der Waals surface area (Å²) in [7, 11) is 0. The quantitative estimate of drug-likeness (QED) is 0.396. The zero-order valence-corrected chi connectivity index (χ0v) is 11.9. The molecule has 2 unspecified atom stereocenters. The van der Waals surface area contributed by atoms with Crippen LogP contribution in [0.1, 0.15) is 39.0 Å². The van der Waals surface area contributed by atoms with Gasteiger partial charge in [0.05, 0.1) is 5.92 Å².